The Morgan fingerprint density at radius 1 is 1.69 bits per heavy atom. The summed E-state index contributed by atoms with van der Waals surface area (Å²) < 4.78 is 0. The van der Waals surface area contributed by atoms with Crippen molar-refractivity contribution >= 4 is 11.4 Å². The molecule has 1 aliphatic heterocycles. The highest BCUT2D eigenvalue weighted by Crippen LogP contribution is 2.21. The topological polar surface area (TPSA) is 66.2 Å². The van der Waals surface area contributed by atoms with Gasteiger partial charge in [-0.15, -0.1) is 0 Å². The standard InChI is InChI=1S/C8H13N5/c1-6-11-5-12-13(6)8-2-3-10-4-7(8)9/h2-4,6,11-12H,5,9H2,1H3. The van der Waals surface area contributed by atoms with Crippen LogP contribution in [-0.4, -0.2) is 17.8 Å². The maximum Gasteiger partial charge on any atom is 0.0931 e. The number of pyridine rings is 1. The Hall–Kier alpha value is -1.33. The average Bonchev–Trinajstić information content (AvgIpc) is 2.52. The minimum Gasteiger partial charge on any atom is -0.396 e. The predicted molar refractivity (Wildman–Crippen MR) is 51.7 cm³/mol. The summed E-state index contributed by atoms with van der Waals surface area (Å²) in [5, 5.41) is 5.23. The van der Waals surface area contributed by atoms with E-state index in [1.807, 2.05) is 11.1 Å². The van der Waals surface area contributed by atoms with Gasteiger partial charge in [-0.3, -0.25) is 15.3 Å². The fraction of sp³-hybridized carbons (Fsp3) is 0.375. The Morgan fingerprint density at radius 2 is 2.54 bits per heavy atom. The number of nitrogens with zero attached hydrogens (tertiary/aromatic N) is 2. The van der Waals surface area contributed by atoms with Gasteiger partial charge in [0.05, 0.1) is 30.4 Å². The number of nitrogens with two attached hydrogens (primary N) is 1. The summed E-state index contributed by atoms with van der Waals surface area (Å²) in [5.74, 6) is 0. The lowest BCUT2D eigenvalue weighted by Crippen LogP contribution is -2.37. The number of hydrazine groups is 1. The van der Waals surface area contributed by atoms with Crippen LogP contribution < -0.4 is 21.5 Å². The maximum atomic E-state index is 5.79. The first-order chi connectivity index (χ1) is 6.29. The van der Waals surface area contributed by atoms with Crippen molar-refractivity contribution in [2.75, 3.05) is 17.4 Å². The number of hydrogen-bond acceptors (Lipinski definition) is 5. The fourth-order valence-electron chi connectivity index (χ4n) is 1.42. The molecule has 0 aromatic carbocycles. The SMILES string of the molecule is CC1NCNN1c1ccncc1N. The van der Waals surface area contributed by atoms with Crippen LogP contribution in [0.5, 0.6) is 0 Å². The first kappa shape index (κ1) is 8.28. The van der Waals surface area contributed by atoms with Crippen LogP contribution in [0.2, 0.25) is 0 Å². The number of aromatic nitrogens is 1. The molecule has 5 heteroatoms. The number of nitrogens with one attached hydrogen (secondary N) is 2. The summed E-state index contributed by atoms with van der Waals surface area (Å²) in [6.07, 6.45) is 3.64. The van der Waals surface area contributed by atoms with Gasteiger partial charge in [0.15, 0.2) is 0 Å². The summed E-state index contributed by atoms with van der Waals surface area (Å²) in [4.78, 5) is 3.94. The molecule has 2 heterocycles. The third kappa shape index (κ3) is 1.43. The molecule has 1 atom stereocenters. The largest absolute Gasteiger partial charge is 0.396 e. The molecule has 0 saturated carbocycles. The van der Waals surface area contributed by atoms with Crippen LogP contribution in [-0.2, 0) is 0 Å². The molecule has 1 unspecified atom stereocenters. The molecule has 0 amide bonds. The molecule has 1 saturated heterocycles. The van der Waals surface area contributed by atoms with Crippen molar-refractivity contribution in [2.24, 2.45) is 0 Å². The molecule has 4 N–H and O–H groups in total. The van der Waals surface area contributed by atoms with Crippen LogP contribution in [0, 0.1) is 0 Å². The second-order valence-corrected chi connectivity index (χ2v) is 3.02. The van der Waals surface area contributed by atoms with Crippen LogP contribution in [0.1, 0.15) is 6.92 Å². The predicted octanol–water partition coefficient (Wildman–Crippen LogP) is -0.119. The van der Waals surface area contributed by atoms with Gasteiger partial charge in [-0.05, 0) is 13.0 Å². The molecule has 2 rings (SSSR count). The van der Waals surface area contributed by atoms with Crippen LogP contribution in [0.3, 0.4) is 0 Å². The lowest BCUT2D eigenvalue weighted by Gasteiger charge is -2.23. The second-order valence-electron chi connectivity index (χ2n) is 3.02. The third-order valence-corrected chi connectivity index (χ3v) is 2.12. The van der Waals surface area contributed by atoms with Gasteiger partial charge in [-0.25, -0.2) is 5.43 Å². The van der Waals surface area contributed by atoms with Crippen molar-refractivity contribution in [3.8, 4) is 0 Å². The zero-order valence-corrected chi connectivity index (χ0v) is 7.49. The smallest absolute Gasteiger partial charge is 0.0931 e. The summed E-state index contributed by atoms with van der Waals surface area (Å²) in [6, 6.07) is 1.89. The summed E-state index contributed by atoms with van der Waals surface area (Å²) >= 11 is 0. The van der Waals surface area contributed by atoms with E-state index in [9.17, 15) is 0 Å². The molecule has 0 spiro atoms. The molecule has 1 aromatic rings. The number of rotatable bonds is 1. The lowest BCUT2D eigenvalue weighted by atomic mass is 10.3. The van der Waals surface area contributed by atoms with Crippen LogP contribution in [0.25, 0.3) is 0 Å². The van der Waals surface area contributed by atoms with Crippen molar-refractivity contribution in [2.45, 2.75) is 13.1 Å². The van der Waals surface area contributed by atoms with Crippen LogP contribution >= 0.6 is 0 Å². The number of anilines is 2. The van der Waals surface area contributed by atoms with Crippen LogP contribution in [0.4, 0.5) is 11.4 Å². The molecule has 13 heavy (non-hydrogen) atoms. The monoisotopic (exact) mass is 179 g/mol. The van der Waals surface area contributed by atoms with E-state index in [4.69, 9.17) is 5.73 Å². The average molecular weight is 179 g/mol. The minimum atomic E-state index is 0.254. The highest BCUT2D eigenvalue weighted by Gasteiger charge is 2.20. The van der Waals surface area contributed by atoms with Gasteiger partial charge in [0.2, 0.25) is 0 Å². The quantitative estimate of drug-likeness (QED) is 0.561. The summed E-state index contributed by atoms with van der Waals surface area (Å²) in [5.41, 5.74) is 10.6. The van der Waals surface area contributed by atoms with Gasteiger partial charge >= 0.3 is 0 Å². The van der Waals surface area contributed by atoms with E-state index in [0.717, 1.165) is 12.4 Å². The zero-order valence-electron chi connectivity index (χ0n) is 7.49. The van der Waals surface area contributed by atoms with Crippen molar-refractivity contribution in [1.29, 1.82) is 0 Å². The van der Waals surface area contributed by atoms with Gasteiger partial charge in [0, 0.05) is 6.20 Å². The third-order valence-electron chi connectivity index (χ3n) is 2.12. The first-order valence-corrected chi connectivity index (χ1v) is 4.24. The molecule has 5 nitrogen and oxygen atoms in total. The van der Waals surface area contributed by atoms with E-state index in [0.29, 0.717) is 5.69 Å². The highest BCUT2D eigenvalue weighted by molar-refractivity contribution is 5.65. The Kier molecular flexibility index (Phi) is 2.03. The zero-order chi connectivity index (χ0) is 9.26. The van der Waals surface area contributed by atoms with E-state index in [1.165, 1.54) is 0 Å². The summed E-state index contributed by atoms with van der Waals surface area (Å²) in [6.45, 7) is 2.84. The highest BCUT2D eigenvalue weighted by atomic mass is 15.6. The molecular weight excluding hydrogens is 166 g/mol. The number of nitrogen functional groups attached to an aromatic ring is 1. The molecule has 1 fully saturated rings. The lowest BCUT2D eigenvalue weighted by molar-refractivity contribution is 0.653. The minimum absolute atomic E-state index is 0.254. The Balaban J connectivity index is 2.29. The van der Waals surface area contributed by atoms with Gasteiger partial charge < -0.3 is 5.73 Å². The van der Waals surface area contributed by atoms with Crippen molar-refractivity contribution in [3.05, 3.63) is 18.5 Å². The Morgan fingerprint density at radius 3 is 3.15 bits per heavy atom. The Bertz CT molecular complexity index is 300. The van der Waals surface area contributed by atoms with E-state index in [1.54, 1.807) is 12.4 Å². The van der Waals surface area contributed by atoms with Crippen molar-refractivity contribution in [3.63, 3.8) is 0 Å². The van der Waals surface area contributed by atoms with Gasteiger partial charge in [0.1, 0.15) is 0 Å². The fourth-order valence-corrected chi connectivity index (χ4v) is 1.42. The molecule has 70 valence electrons. The van der Waals surface area contributed by atoms with E-state index in [-0.39, 0.29) is 6.17 Å². The van der Waals surface area contributed by atoms with Crippen molar-refractivity contribution < 1.29 is 0 Å². The van der Waals surface area contributed by atoms with Gasteiger partial charge in [0.25, 0.3) is 0 Å². The van der Waals surface area contributed by atoms with E-state index in [2.05, 4.69) is 22.7 Å². The Labute approximate surface area is 76.9 Å². The van der Waals surface area contributed by atoms with E-state index >= 15 is 0 Å². The van der Waals surface area contributed by atoms with Crippen LogP contribution in [0.15, 0.2) is 18.5 Å². The van der Waals surface area contributed by atoms with Crippen molar-refractivity contribution in [1.82, 2.24) is 15.7 Å². The number of hydrogen-bond donors (Lipinski definition) is 3. The molecule has 1 aliphatic rings. The maximum absolute atomic E-state index is 5.79. The van der Waals surface area contributed by atoms with E-state index < -0.39 is 0 Å². The molecule has 1 aromatic heterocycles. The first-order valence-electron chi connectivity index (χ1n) is 4.24. The molecular formula is C8H13N5. The normalized spacial score (nSPS) is 22.2. The van der Waals surface area contributed by atoms with Gasteiger partial charge in [-0.1, -0.05) is 0 Å². The second kappa shape index (κ2) is 3.20. The molecule has 0 bridgehead atoms. The molecule has 0 aliphatic carbocycles. The summed E-state index contributed by atoms with van der Waals surface area (Å²) in [7, 11) is 0. The van der Waals surface area contributed by atoms with Gasteiger partial charge in [-0.2, -0.15) is 0 Å². The molecule has 0 radical (unpaired) electrons.